The van der Waals surface area contributed by atoms with Gasteiger partial charge in [-0.3, -0.25) is 4.79 Å². The first-order valence-corrected chi connectivity index (χ1v) is 10.9. The molecule has 0 fully saturated rings. The van der Waals surface area contributed by atoms with E-state index in [2.05, 4.69) is 4.98 Å². The number of aliphatic carboxylic acids is 1. The number of nitrogens with zero attached hydrogens (tertiary/aromatic N) is 1. The molecule has 4 rings (SSSR count). The van der Waals surface area contributed by atoms with Crippen LogP contribution in [0.5, 0.6) is 11.5 Å². The predicted octanol–water partition coefficient (Wildman–Crippen LogP) is 4.52. The van der Waals surface area contributed by atoms with Gasteiger partial charge in [0.05, 0.1) is 14.2 Å². The first-order chi connectivity index (χ1) is 16.5. The maximum absolute atomic E-state index is 13.6. The van der Waals surface area contributed by atoms with Crippen molar-refractivity contribution in [2.24, 2.45) is 0 Å². The number of aromatic amines is 1. The topological polar surface area (TPSA) is 91.9 Å². The average Bonchev–Trinajstić information content (AvgIpc) is 3.29. The molecule has 0 saturated carbocycles. The summed E-state index contributed by atoms with van der Waals surface area (Å²) in [5.74, 6) is -0.136. The van der Waals surface area contributed by atoms with E-state index in [0.717, 1.165) is 22.0 Å². The first-order valence-electron chi connectivity index (χ1n) is 10.9. The molecule has 0 aliphatic rings. The Bertz CT molecular complexity index is 1280. The summed E-state index contributed by atoms with van der Waals surface area (Å²) in [5.41, 5.74) is 2.95. The van der Waals surface area contributed by atoms with E-state index in [4.69, 9.17) is 9.47 Å². The quantitative estimate of drug-likeness (QED) is 0.385. The normalized spacial score (nSPS) is 11.7. The van der Waals surface area contributed by atoms with E-state index in [1.807, 2.05) is 42.6 Å². The lowest BCUT2D eigenvalue weighted by atomic mass is 10.0. The minimum absolute atomic E-state index is 0.133. The van der Waals surface area contributed by atoms with Crippen LogP contribution in [0.25, 0.3) is 10.9 Å². The van der Waals surface area contributed by atoms with E-state index in [0.29, 0.717) is 17.1 Å². The Morgan fingerprint density at radius 2 is 1.53 bits per heavy atom. The van der Waals surface area contributed by atoms with Crippen molar-refractivity contribution >= 4 is 22.8 Å². The minimum atomic E-state index is -1.07. The summed E-state index contributed by atoms with van der Waals surface area (Å²) < 4.78 is 10.4. The summed E-state index contributed by atoms with van der Waals surface area (Å²) >= 11 is 0. The first kappa shape index (κ1) is 22.9. The molecule has 2 N–H and O–H groups in total. The molecule has 0 radical (unpaired) electrons. The van der Waals surface area contributed by atoms with Crippen LogP contribution in [0.2, 0.25) is 0 Å². The van der Waals surface area contributed by atoms with Crippen LogP contribution in [-0.2, 0) is 17.8 Å². The molecule has 1 heterocycles. The van der Waals surface area contributed by atoms with Gasteiger partial charge in [-0.05, 0) is 53.6 Å². The summed E-state index contributed by atoms with van der Waals surface area (Å²) in [6, 6.07) is 20.5. The van der Waals surface area contributed by atoms with Crippen molar-refractivity contribution in [2.45, 2.75) is 19.0 Å². The van der Waals surface area contributed by atoms with Gasteiger partial charge in [0.2, 0.25) is 0 Å². The summed E-state index contributed by atoms with van der Waals surface area (Å²) in [7, 11) is 3.13. The number of carboxylic acids is 1. The highest BCUT2D eigenvalue weighted by Gasteiger charge is 2.31. The number of fused-ring (bicyclic) bond motifs is 1. The fourth-order valence-electron chi connectivity index (χ4n) is 3.99. The zero-order valence-electron chi connectivity index (χ0n) is 19.0. The Hall–Kier alpha value is -4.26. The minimum Gasteiger partial charge on any atom is -0.497 e. The second kappa shape index (κ2) is 10.1. The number of methoxy groups -OCH3 is 2. The predicted molar refractivity (Wildman–Crippen MR) is 129 cm³/mol. The molecule has 4 aromatic rings. The number of aromatic nitrogens is 1. The molecule has 0 bridgehead atoms. The van der Waals surface area contributed by atoms with Gasteiger partial charge in [0, 0.05) is 35.6 Å². The van der Waals surface area contributed by atoms with Gasteiger partial charge in [0.1, 0.15) is 17.5 Å². The Morgan fingerprint density at radius 1 is 0.912 bits per heavy atom. The van der Waals surface area contributed by atoms with Crippen molar-refractivity contribution in [3.8, 4) is 11.5 Å². The summed E-state index contributed by atoms with van der Waals surface area (Å²) in [5, 5.41) is 11.1. The second-order valence-electron chi connectivity index (χ2n) is 7.93. The third-order valence-corrected chi connectivity index (χ3v) is 5.86. The van der Waals surface area contributed by atoms with Crippen LogP contribution in [0.4, 0.5) is 0 Å². The zero-order valence-corrected chi connectivity index (χ0v) is 19.0. The fraction of sp³-hybridized carbons (Fsp3) is 0.185. The molecule has 7 heteroatoms. The number of amides is 1. The summed E-state index contributed by atoms with van der Waals surface area (Å²) in [6.07, 6.45) is 1.97. The van der Waals surface area contributed by atoms with Crippen molar-refractivity contribution in [1.82, 2.24) is 9.88 Å². The number of carbonyl (C=O) groups is 2. The number of nitrogens with one attached hydrogen (secondary N) is 1. The monoisotopic (exact) mass is 458 g/mol. The van der Waals surface area contributed by atoms with Crippen LogP contribution in [0.3, 0.4) is 0 Å². The van der Waals surface area contributed by atoms with Crippen LogP contribution >= 0.6 is 0 Å². The standard InChI is InChI=1S/C27H26N2O5/c1-33-21-11-7-18(8-12-21)17-29(26(30)19-9-13-22(34-2)14-10-19)25(27(31)32)15-20-16-28-24-6-4-3-5-23(20)24/h3-14,16,25,28H,15,17H2,1-2H3,(H,31,32)/t25-/m0/s1. The third-order valence-electron chi connectivity index (χ3n) is 5.86. The number of hydrogen-bond acceptors (Lipinski definition) is 4. The van der Waals surface area contributed by atoms with Crippen LogP contribution in [-0.4, -0.2) is 47.1 Å². The van der Waals surface area contributed by atoms with Crippen molar-refractivity contribution < 1.29 is 24.2 Å². The third kappa shape index (κ3) is 4.88. The number of hydrogen-bond donors (Lipinski definition) is 2. The summed E-state index contributed by atoms with van der Waals surface area (Å²) in [4.78, 5) is 30.7. The number of rotatable bonds is 9. The van der Waals surface area contributed by atoms with Crippen LogP contribution in [0.1, 0.15) is 21.5 Å². The smallest absolute Gasteiger partial charge is 0.326 e. The molecule has 1 amide bonds. The maximum atomic E-state index is 13.6. The highest BCUT2D eigenvalue weighted by molar-refractivity contribution is 5.97. The van der Waals surface area contributed by atoms with Gasteiger partial charge in [-0.15, -0.1) is 0 Å². The molecule has 7 nitrogen and oxygen atoms in total. The van der Waals surface area contributed by atoms with Crippen molar-refractivity contribution in [2.75, 3.05) is 14.2 Å². The van der Waals surface area contributed by atoms with Crippen molar-refractivity contribution in [1.29, 1.82) is 0 Å². The van der Waals surface area contributed by atoms with Crippen molar-refractivity contribution in [3.05, 3.63) is 95.7 Å². The van der Waals surface area contributed by atoms with Crippen LogP contribution in [0, 0.1) is 0 Å². The van der Waals surface area contributed by atoms with Gasteiger partial charge in [0.15, 0.2) is 0 Å². The lowest BCUT2D eigenvalue weighted by molar-refractivity contribution is -0.142. The second-order valence-corrected chi connectivity index (χ2v) is 7.93. The zero-order chi connectivity index (χ0) is 24.1. The molecular formula is C27H26N2O5. The van der Waals surface area contributed by atoms with Crippen LogP contribution in [0.15, 0.2) is 79.0 Å². The van der Waals surface area contributed by atoms with E-state index < -0.39 is 12.0 Å². The number of benzene rings is 3. The number of carboxylic acid groups (broad SMARTS) is 1. The van der Waals surface area contributed by atoms with E-state index in [9.17, 15) is 14.7 Å². The van der Waals surface area contributed by atoms with Crippen LogP contribution < -0.4 is 9.47 Å². The number of para-hydroxylation sites is 1. The van der Waals surface area contributed by atoms with Gasteiger partial charge >= 0.3 is 5.97 Å². The van der Waals surface area contributed by atoms with Gasteiger partial charge in [-0.25, -0.2) is 4.79 Å². The molecule has 0 aliphatic carbocycles. The van der Waals surface area contributed by atoms with Gasteiger partial charge < -0.3 is 24.5 Å². The van der Waals surface area contributed by atoms with E-state index in [1.165, 1.54) is 4.90 Å². The molecule has 174 valence electrons. The molecule has 0 saturated heterocycles. The molecule has 0 aliphatic heterocycles. The molecule has 1 atom stereocenters. The molecule has 3 aromatic carbocycles. The number of ether oxygens (including phenoxy) is 2. The SMILES string of the molecule is COc1ccc(CN(C(=O)c2ccc(OC)cc2)[C@@H](Cc2c[nH]c3ccccc23)C(=O)O)cc1. The summed E-state index contributed by atoms with van der Waals surface area (Å²) in [6.45, 7) is 0.133. The van der Waals surface area contributed by atoms with Gasteiger partial charge in [-0.1, -0.05) is 30.3 Å². The Balaban J connectivity index is 1.70. The molecule has 1 aromatic heterocycles. The highest BCUT2D eigenvalue weighted by atomic mass is 16.5. The molecule has 34 heavy (non-hydrogen) atoms. The maximum Gasteiger partial charge on any atom is 0.326 e. The Labute approximate surface area is 197 Å². The Kier molecular flexibility index (Phi) is 6.82. The van der Waals surface area contributed by atoms with E-state index in [1.54, 1.807) is 50.6 Å². The molecular weight excluding hydrogens is 432 g/mol. The highest BCUT2D eigenvalue weighted by Crippen LogP contribution is 2.24. The number of carbonyl (C=O) groups excluding carboxylic acids is 1. The number of H-pyrrole nitrogens is 1. The lowest BCUT2D eigenvalue weighted by Gasteiger charge is -2.29. The largest absolute Gasteiger partial charge is 0.497 e. The Morgan fingerprint density at radius 3 is 2.15 bits per heavy atom. The van der Waals surface area contributed by atoms with Crippen molar-refractivity contribution in [3.63, 3.8) is 0 Å². The van der Waals surface area contributed by atoms with E-state index >= 15 is 0 Å². The molecule has 0 unspecified atom stereocenters. The average molecular weight is 459 g/mol. The van der Waals surface area contributed by atoms with E-state index in [-0.39, 0.29) is 18.9 Å². The van der Waals surface area contributed by atoms with Gasteiger partial charge in [0.25, 0.3) is 5.91 Å². The van der Waals surface area contributed by atoms with Gasteiger partial charge in [-0.2, -0.15) is 0 Å². The molecule has 0 spiro atoms. The fourth-order valence-corrected chi connectivity index (χ4v) is 3.99. The lowest BCUT2D eigenvalue weighted by Crippen LogP contribution is -2.46.